The molecule has 0 radical (unpaired) electrons. The van der Waals surface area contributed by atoms with E-state index < -0.39 is 12.0 Å². The van der Waals surface area contributed by atoms with Crippen LogP contribution in [0.3, 0.4) is 0 Å². The smallest absolute Gasteiger partial charge is 0.326 e. The fraction of sp³-hybridized carbons (Fsp3) is 0.846. The molecule has 2 rings (SSSR count). The first kappa shape index (κ1) is 13.7. The van der Waals surface area contributed by atoms with Crippen molar-refractivity contribution in [3.05, 3.63) is 0 Å². The summed E-state index contributed by atoms with van der Waals surface area (Å²) in [6.45, 7) is 2.71. The van der Waals surface area contributed by atoms with Crippen LogP contribution in [0.1, 0.15) is 32.6 Å². The fourth-order valence-corrected chi connectivity index (χ4v) is 4.08. The predicted molar refractivity (Wildman–Crippen MR) is 71.6 cm³/mol. The van der Waals surface area contributed by atoms with Crippen molar-refractivity contribution in [1.82, 2.24) is 4.90 Å². The maximum Gasteiger partial charge on any atom is 0.326 e. The van der Waals surface area contributed by atoms with Gasteiger partial charge in [0.2, 0.25) is 5.91 Å². The van der Waals surface area contributed by atoms with Crippen molar-refractivity contribution in [2.45, 2.75) is 38.6 Å². The van der Waals surface area contributed by atoms with Crippen LogP contribution < -0.4 is 0 Å². The largest absolute Gasteiger partial charge is 0.480 e. The minimum Gasteiger partial charge on any atom is -0.480 e. The summed E-state index contributed by atoms with van der Waals surface area (Å²) in [7, 11) is 0. The molecule has 0 aromatic carbocycles. The minimum atomic E-state index is -0.841. The van der Waals surface area contributed by atoms with Crippen molar-refractivity contribution in [3.63, 3.8) is 0 Å². The van der Waals surface area contributed by atoms with E-state index in [0.29, 0.717) is 18.9 Å². The summed E-state index contributed by atoms with van der Waals surface area (Å²) in [5, 5.41) is 9.31. The number of carboxylic acids is 1. The normalized spacial score (nSPS) is 32.5. The number of likely N-dealkylation sites (tertiary alicyclic amines) is 1. The number of piperidine rings is 1. The van der Waals surface area contributed by atoms with E-state index in [1.807, 2.05) is 0 Å². The molecule has 3 atom stereocenters. The first-order valence-corrected chi connectivity index (χ1v) is 7.90. The Bertz CT molecular complexity index is 328. The van der Waals surface area contributed by atoms with E-state index in [4.69, 9.17) is 0 Å². The van der Waals surface area contributed by atoms with E-state index in [1.54, 1.807) is 16.7 Å². The average molecular weight is 271 g/mol. The van der Waals surface area contributed by atoms with Crippen LogP contribution in [0.15, 0.2) is 0 Å². The van der Waals surface area contributed by atoms with Crippen LogP contribution >= 0.6 is 11.8 Å². The van der Waals surface area contributed by atoms with Crippen molar-refractivity contribution in [3.8, 4) is 0 Å². The van der Waals surface area contributed by atoms with E-state index in [2.05, 4.69) is 6.92 Å². The Balaban J connectivity index is 2.05. The SMILES string of the molecule is CCC1CCN(C(=O)C2CCSC2)C(C(=O)O)C1. The van der Waals surface area contributed by atoms with E-state index in [1.165, 1.54) is 0 Å². The zero-order valence-corrected chi connectivity index (χ0v) is 11.6. The molecule has 1 N–H and O–H groups in total. The summed E-state index contributed by atoms with van der Waals surface area (Å²) >= 11 is 1.79. The summed E-state index contributed by atoms with van der Waals surface area (Å²) in [6, 6.07) is -0.596. The highest BCUT2D eigenvalue weighted by Gasteiger charge is 2.38. The molecule has 0 aliphatic carbocycles. The molecule has 0 spiro atoms. The van der Waals surface area contributed by atoms with Crippen LogP contribution in [0.5, 0.6) is 0 Å². The lowest BCUT2D eigenvalue weighted by molar-refractivity contribution is -0.154. The molecule has 2 aliphatic rings. The van der Waals surface area contributed by atoms with Crippen molar-refractivity contribution < 1.29 is 14.7 Å². The van der Waals surface area contributed by atoms with Crippen LogP contribution in [0.25, 0.3) is 0 Å². The molecule has 2 fully saturated rings. The number of carbonyl (C=O) groups is 2. The predicted octanol–water partition coefficient (Wildman–Crippen LogP) is 1.84. The van der Waals surface area contributed by atoms with Crippen LogP contribution in [-0.2, 0) is 9.59 Å². The highest BCUT2D eigenvalue weighted by atomic mass is 32.2. The van der Waals surface area contributed by atoms with Crippen LogP contribution in [0.4, 0.5) is 0 Å². The Kier molecular flexibility index (Phi) is 4.54. The second-order valence-corrected chi connectivity index (χ2v) is 6.39. The number of amides is 1. The summed E-state index contributed by atoms with van der Waals surface area (Å²) in [5.41, 5.74) is 0. The van der Waals surface area contributed by atoms with Gasteiger partial charge in [0.15, 0.2) is 0 Å². The Morgan fingerprint density at radius 2 is 2.17 bits per heavy atom. The number of nitrogens with zero attached hydrogens (tertiary/aromatic N) is 1. The van der Waals surface area contributed by atoms with Crippen LogP contribution in [0.2, 0.25) is 0 Å². The molecule has 102 valence electrons. The van der Waals surface area contributed by atoms with Gasteiger partial charge in [-0.05, 0) is 30.9 Å². The zero-order valence-electron chi connectivity index (χ0n) is 10.8. The van der Waals surface area contributed by atoms with Gasteiger partial charge in [-0.1, -0.05) is 13.3 Å². The van der Waals surface area contributed by atoms with Gasteiger partial charge in [0.25, 0.3) is 0 Å². The molecule has 0 bridgehead atoms. The lowest BCUT2D eigenvalue weighted by Crippen LogP contribution is -2.52. The summed E-state index contributed by atoms with van der Waals surface area (Å²) < 4.78 is 0. The first-order chi connectivity index (χ1) is 8.63. The summed E-state index contributed by atoms with van der Waals surface area (Å²) in [5.74, 6) is 1.62. The van der Waals surface area contributed by atoms with E-state index in [-0.39, 0.29) is 11.8 Å². The molecular formula is C13H21NO3S. The van der Waals surface area contributed by atoms with Crippen molar-refractivity contribution in [2.24, 2.45) is 11.8 Å². The highest BCUT2D eigenvalue weighted by Crippen LogP contribution is 2.30. The lowest BCUT2D eigenvalue weighted by Gasteiger charge is -2.38. The molecule has 18 heavy (non-hydrogen) atoms. The topological polar surface area (TPSA) is 57.6 Å². The van der Waals surface area contributed by atoms with Gasteiger partial charge in [0.05, 0.1) is 0 Å². The highest BCUT2D eigenvalue weighted by molar-refractivity contribution is 7.99. The molecule has 3 unspecified atom stereocenters. The fourth-order valence-electron chi connectivity index (χ4n) is 2.87. The molecular weight excluding hydrogens is 250 g/mol. The van der Waals surface area contributed by atoms with Gasteiger partial charge in [-0.3, -0.25) is 4.79 Å². The maximum absolute atomic E-state index is 12.4. The van der Waals surface area contributed by atoms with Gasteiger partial charge in [-0.2, -0.15) is 11.8 Å². The molecule has 4 nitrogen and oxygen atoms in total. The van der Waals surface area contributed by atoms with Gasteiger partial charge < -0.3 is 10.0 Å². The number of carbonyl (C=O) groups excluding carboxylic acids is 1. The van der Waals surface area contributed by atoms with Gasteiger partial charge in [-0.15, -0.1) is 0 Å². The van der Waals surface area contributed by atoms with Crippen molar-refractivity contribution in [1.29, 1.82) is 0 Å². The number of hydrogen-bond donors (Lipinski definition) is 1. The van der Waals surface area contributed by atoms with Gasteiger partial charge in [0, 0.05) is 18.2 Å². The van der Waals surface area contributed by atoms with E-state index in [0.717, 1.165) is 30.8 Å². The van der Waals surface area contributed by atoms with Crippen molar-refractivity contribution in [2.75, 3.05) is 18.1 Å². The Morgan fingerprint density at radius 1 is 1.39 bits per heavy atom. The minimum absolute atomic E-state index is 0.0510. The van der Waals surface area contributed by atoms with E-state index >= 15 is 0 Å². The average Bonchev–Trinajstić information content (AvgIpc) is 2.91. The van der Waals surface area contributed by atoms with Crippen molar-refractivity contribution >= 4 is 23.6 Å². The molecule has 1 amide bonds. The third-order valence-corrected chi connectivity index (χ3v) is 5.30. The second kappa shape index (κ2) is 5.95. The van der Waals surface area contributed by atoms with Gasteiger partial charge in [-0.25, -0.2) is 4.79 Å². The van der Waals surface area contributed by atoms with Crippen LogP contribution in [0, 0.1) is 11.8 Å². The Labute approximate surface area is 112 Å². The quantitative estimate of drug-likeness (QED) is 0.851. The van der Waals surface area contributed by atoms with E-state index in [9.17, 15) is 14.7 Å². The summed E-state index contributed by atoms with van der Waals surface area (Å²) in [4.78, 5) is 25.3. The molecule has 0 aromatic heterocycles. The maximum atomic E-state index is 12.4. The first-order valence-electron chi connectivity index (χ1n) is 6.74. The standard InChI is InChI=1S/C13H21NO3S/c1-2-9-3-5-14(11(7-9)13(16)17)12(15)10-4-6-18-8-10/h9-11H,2-8H2,1H3,(H,16,17). The Hall–Kier alpha value is -0.710. The molecule has 2 saturated heterocycles. The van der Waals surface area contributed by atoms with Gasteiger partial charge in [0.1, 0.15) is 6.04 Å². The number of rotatable bonds is 3. The molecule has 0 aromatic rings. The molecule has 5 heteroatoms. The molecule has 0 saturated carbocycles. The van der Waals surface area contributed by atoms with Crippen LogP contribution in [-0.4, -0.2) is 46.0 Å². The lowest BCUT2D eigenvalue weighted by atomic mass is 9.88. The molecule has 2 heterocycles. The molecule has 2 aliphatic heterocycles. The number of carboxylic acid groups (broad SMARTS) is 1. The Morgan fingerprint density at radius 3 is 2.72 bits per heavy atom. The third kappa shape index (κ3) is 2.82. The number of thioether (sulfide) groups is 1. The monoisotopic (exact) mass is 271 g/mol. The second-order valence-electron chi connectivity index (χ2n) is 5.24. The number of hydrogen-bond acceptors (Lipinski definition) is 3. The summed E-state index contributed by atoms with van der Waals surface area (Å²) in [6.07, 6.45) is 3.48. The number of aliphatic carboxylic acids is 1. The third-order valence-electron chi connectivity index (χ3n) is 4.14. The zero-order chi connectivity index (χ0) is 13.1. The van der Waals surface area contributed by atoms with Gasteiger partial charge >= 0.3 is 5.97 Å².